The predicted molar refractivity (Wildman–Crippen MR) is 121 cm³/mol. The Kier molecular flexibility index (Phi) is 9.41. The Morgan fingerprint density at radius 1 is 0.833 bits per heavy atom. The van der Waals surface area contributed by atoms with Crippen molar-refractivity contribution in [3.8, 4) is 23.0 Å². The van der Waals surface area contributed by atoms with Crippen LogP contribution in [0.4, 0.5) is 0 Å². The fourth-order valence-corrected chi connectivity index (χ4v) is 3.33. The van der Waals surface area contributed by atoms with Crippen LogP contribution in [0.25, 0.3) is 0 Å². The molecule has 0 bridgehead atoms. The molecule has 0 unspecified atom stereocenters. The molecule has 2 aromatic rings. The van der Waals surface area contributed by atoms with Crippen LogP contribution < -0.4 is 29.6 Å². The SMILES string of the molecule is CN=C(NCCc1ccc(OC)cc1Cl)NCCc1ccc(OC)c(OC)c1OC. The van der Waals surface area contributed by atoms with Crippen LogP contribution in [0.15, 0.2) is 35.3 Å². The predicted octanol–water partition coefficient (Wildman–Crippen LogP) is 3.32. The van der Waals surface area contributed by atoms with Crippen LogP contribution >= 0.6 is 11.6 Å². The van der Waals surface area contributed by atoms with E-state index in [-0.39, 0.29) is 0 Å². The van der Waals surface area contributed by atoms with Gasteiger partial charge in [-0.25, -0.2) is 0 Å². The molecule has 0 radical (unpaired) electrons. The molecule has 2 rings (SSSR count). The van der Waals surface area contributed by atoms with Gasteiger partial charge < -0.3 is 29.6 Å². The maximum atomic E-state index is 6.30. The molecule has 0 spiro atoms. The number of methoxy groups -OCH3 is 4. The smallest absolute Gasteiger partial charge is 0.203 e. The number of rotatable bonds is 10. The van der Waals surface area contributed by atoms with Gasteiger partial charge in [0.05, 0.1) is 28.4 Å². The topological polar surface area (TPSA) is 73.3 Å². The lowest BCUT2D eigenvalue weighted by Crippen LogP contribution is -2.39. The minimum Gasteiger partial charge on any atom is -0.497 e. The number of halogens is 1. The molecule has 0 saturated carbocycles. The standard InChI is InChI=1S/C22H30ClN3O4/c1-24-22(25-12-10-15-6-8-17(27-2)14-18(15)23)26-13-11-16-7-9-19(28-3)21(30-5)20(16)29-4/h6-9,14H,10-13H2,1-5H3,(H2,24,25,26). The summed E-state index contributed by atoms with van der Waals surface area (Å²) >= 11 is 6.30. The second-order valence-electron chi connectivity index (χ2n) is 6.38. The van der Waals surface area contributed by atoms with Gasteiger partial charge in [-0.1, -0.05) is 23.7 Å². The summed E-state index contributed by atoms with van der Waals surface area (Å²) < 4.78 is 21.5. The van der Waals surface area contributed by atoms with Crippen molar-refractivity contribution in [2.75, 3.05) is 48.6 Å². The Hall–Kier alpha value is -2.80. The van der Waals surface area contributed by atoms with Crippen LogP contribution in [0.2, 0.25) is 5.02 Å². The van der Waals surface area contributed by atoms with E-state index in [1.807, 2.05) is 30.3 Å². The van der Waals surface area contributed by atoms with Gasteiger partial charge in [0.15, 0.2) is 17.5 Å². The minimum atomic E-state index is 0.594. The lowest BCUT2D eigenvalue weighted by molar-refractivity contribution is 0.322. The van der Waals surface area contributed by atoms with Crippen LogP contribution in [0.5, 0.6) is 23.0 Å². The molecule has 0 aliphatic rings. The fraction of sp³-hybridized carbons (Fsp3) is 0.409. The highest BCUT2D eigenvalue weighted by Gasteiger charge is 2.15. The maximum Gasteiger partial charge on any atom is 0.203 e. The first-order chi connectivity index (χ1) is 14.6. The van der Waals surface area contributed by atoms with Crippen molar-refractivity contribution in [2.24, 2.45) is 4.99 Å². The van der Waals surface area contributed by atoms with E-state index in [4.69, 9.17) is 30.5 Å². The molecule has 0 atom stereocenters. The highest BCUT2D eigenvalue weighted by atomic mass is 35.5. The van der Waals surface area contributed by atoms with Gasteiger partial charge in [-0.05, 0) is 36.6 Å². The zero-order chi connectivity index (χ0) is 21.9. The summed E-state index contributed by atoms with van der Waals surface area (Å²) in [6.07, 6.45) is 1.50. The molecule has 0 amide bonds. The molecule has 0 aliphatic carbocycles. The average molecular weight is 436 g/mol. The van der Waals surface area contributed by atoms with Gasteiger partial charge in [0.1, 0.15) is 5.75 Å². The summed E-state index contributed by atoms with van der Waals surface area (Å²) in [5.74, 6) is 3.38. The minimum absolute atomic E-state index is 0.594. The summed E-state index contributed by atoms with van der Waals surface area (Å²) in [5.41, 5.74) is 2.07. The summed E-state index contributed by atoms with van der Waals surface area (Å²) in [5, 5.41) is 7.31. The molecule has 0 fully saturated rings. The molecule has 0 aromatic heterocycles. The second kappa shape index (κ2) is 12.0. The van der Waals surface area contributed by atoms with Crippen LogP contribution in [-0.2, 0) is 12.8 Å². The molecule has 0 saturated heterocycles. The molecule has 7 nitrogen and oxygen atoms in total. The quantitative estimate of drug-likeness (QED) is 0.440. The molecule has 8 heteroatoms. The maximum absolute atomic E-state index is 6.30. The Morgan fingerprint density at radius 2 is 1.47 bits per heavy atom. The lowest BCUT2D eigenvalue weighted by atomic mass is 10.1. The van der Waals surface area contributed by atoms with Crippen molar-refractivity contribution in [1.29, 1.82) is 0 Å². The number of hydrogen-bond acceptors (Lipinski definition) is 5. The average Bonchev–Trinajstić information content (AvgIpc) is 2.78. The van der Waals surface area contributed by atoms with E-state index < -0.39 is 0 Å². The number of benzene rings is 2. The van der Waals surface area contributed by atoms with Crippen molar-refractivity contribution in [2.45, 2.75) is 12.8 Å². The first-order valence-electron chi connectivity index (χ1n) is 9.62. The highest BCUT2D eigenvalue weighted by Crippen LogP contribution is 2.39. The van der Waals surface area contributed by atoms with Gasteiger partial charge in [-0.15, -0.1) is 0 Å². The fourth-order valence-electron chi connectivity index (χ4n) is 3.07. The first kappa shape index (κ1) is 23.5. The van der Waals surface area contributed by atoms with Gasteiger partial charge in [0.2, 0.25) is 5.75 Å². The summed E-state index contributed by atoms with van der Waals surface area (Å²) in [6, 6.07) is 9.56. The Morgan fingerprint density at radius 3 is 2.00 bits per heavy atom. The van der Waals surface area contributed by atoms with Gasteiger partial charge in [-0.2, -0.15) is 0 Å². The van der Waals surface area contributed by atoms with Crippen molar-refractivity contribution < 1.29 is 18.9 Å². The largest absolute Gasteiger partial charge is 0.497 e. The third-order valence-corrected chi connectivity index (χ3v) is 4.99. The van der Waals surface area contributed by atoms with E-state index in [1.165, 1.54) is 0 Å². The molecular formula is C22H30ClN3O4. The van der Waals surface area contributed by atoms with E-state index in [1.54, 1.807) is 35.5 Å². The van der Waals surface area contributed by atoms with E-state index in [2.05, 4.69) is 15.6 Å². The van der Waals surface area contributed by atoms with E-state index in [0.29, 0.717) is 35.4 Å². The van der Waals surface area contributed by atoms with Crippen molar-refractivity contribution in [3.63, 3.8) is 0 Å². The number of guanidine groups is 1. The van der Waals surface area contributed by atoms with Crippen LogP contribution in [-0.4, -0.2) is 54.5 Å². The Bertz CT molecular complexity index is 859. The molecule has 2 N–H and O–H groups in total. The van der Waals surface area contributed by atoms with E-state index in [9.17, 15) is 0 Å². The normalized spacial score (nSPS) is 11.1. The molecule has 0 heterocycles. The second-order valence-corrected chi connectivity index (χ2v) is 6.78. The van der Waals surface area contributed by atoms with Gasteiger partial charge in [0.25, 0.3) is 0 Å². The number of nitrogens with zero attached hydrogens (tertiary/aromatic N) is 1. The number of aliphatic imine (C=N–C) groups is 1. The van der Waals surface area contributed by atoms with Gasteiger partial charge in [-0.3, -0.25) is 4.99 Å². The van der Waals surface area contributed by atoms with Crippen molar-refractivity contribution in [3.05, 3.63) is 46.5 Å². The lowest BCUT2D eigenvalue weighted by Gasteiger charge is -2.17. The third kappa shape index (κ3) is 6.10. The van der Waals surface area contributed by atoms with E-state index >= 15 is 0 Å². The molecule has 0 aliphatic heterocycles. The summed E-state index contributed by atoms with van der Waals surface area (Å²) in [4.78, 5) is 4.27. The highest BCUT2D eigenvalue weighted by molar-refractivity contribution is 6.31. The monoisotopic (exact) mass is 435 g/mol. The van der Waals surface area contributed by atoms with Crippen LogP contribution in [0, 0.1) is 0 Å². The zero-order valence-corrected chi connectivity index (χ0v) is 18.9. The molecule has 164 valence electrons. The van der Waals surface area contributed by atoms with Gasteiger partial charge in [0, 0.05) is 30.7 Å². The molecule has 2 aromatic carbocycles. The van der Waals surface area contributed by atoms with Crippen LogP contribution in [0.3, 0.4) is 0 Å². The van der Waals surface area contributed by atoms with E-state index in [0.717, 1.165) is 35.7 Å². The third-order valence-electron chi connectivity index (χ3n) is 4.64. The van der Waals surface area contributed by atoms with Crippen molar-refractivity contribution >= 4 is 17.6 Å². The zero-order valence-electron chi connectivity index (χ0n) is 18.2. The first-order valence-corrected chi connectivity index (χ1v) is 10.0. The Labute approximate surface area is 183 Å². The van der Waals surface area contributed by atoms with Gasteiger partial charge >= 0.3 is 0 Å². The summed E-state index contributed by atoms with van der Waals surface area (Å²) in [6.45, 7) is 1.38. The van der Waals surface area contributed by atoms with Crippen LogP contribution in [0.1, 0.15) is 11.1 Å². The number of nitrogens with one attached hydrogen (secondary N) is 2. The molecule has 30 heavy (non-hydrogen) atoms. The van der Waals surface area contributed by atoms with Crippen molar-refractivity contribution in [1.82, 2.24) is 10.6 Å². The Balaban J connectivity index is 1.88. The number of ether oxygens (including phenoxy) is 4. The summed E-state index contributed by atoms with van der Waals surface area (Å²) in [7, 11) is 8.20. The molecular weight excluding hydrogens is 406 g/mol. The number of hydrogen-bond donors (Lipinski definition) is 2.